The van der Waals surface area contributed by atoms with Gasteiger partial charge in [0.25, 0.3) is 0 Å². The maximum Gasteiger partial charge on any atom is 0.207 e. The highest BCUT2D eigenvalue weighted by Gasteiger charge is 2.27. The highest BCUT2D eigenvalue weighted by atomic mass is 35.5. The van der Waals surface area contributed by atoms with Gasteiger partial charge in [0.05, 0.1) is 5.02 Å². The standard InChI is InChI=1S/C11H9ClFN3S/c12-8-5-7(3-4-9(8)13)14-11-15-10(16-17-11)6-1-2-6/h3-6H,1-2H2,(H,14,15,16). The fourth-order valence-electron chi connectivity index (χ4n) is 1.49. The van der Waals surface area contributed by atoms with Crippen molar-refractivity contribution in [2.45, 2.75) is 18.8 Å². The van der Waals surface area contributed by atoms with E-state index in [1.54, 1.807) is 6.07 Å². The zero-order chi connectivity index (χ0) is 11.8. The molecule has 0 saturated heterocycles. The molecule has 17 heavy (non-hydrogen) atoms. The van der Waals surface area contributed by atoms with Crippen LogP contribution >= 0.6 is 23.1 Å². The number of halogens is 2. The first-order valence-corrected chi connectivity index (χ1v) is 6.43. The van der Waals surface area contributed by atoms with Crippen LogP contribution in [0.2, 0.25) is 5.02 Å². The summed E-state index contributed by atoms with van der Waals surface area (Å²) in [5, 5.41) is 3.89. The van der Waals surface area contributed by atoms with Gasteiger partial charge in [-0.2, -0.15) is 4.37 Å². The molecule has 88 valence electrons. The van der Waals surface area contributed by atoms with Crippen LogP contribution in [0.25, 0.3) is 0 Å². The first kappa shape index (κ1) is 10.9. The summed E-state index contributed by atoms with van der Waals surface area (Å²) in [5.41, 5.74) is 0.717. The number of aromatic nitrogens is 2. The molecule has 0 amide bonds. The number of anilines is 2. The minimum atomic E-state index is -0.423. The van der Waals surface area contributed by atoms with Crippen molar-refractivity contribution in [2.75, 3.05) is 5.32 Å². The van der Waals surface area contributed by atoms with E-state index >= 15 is 0 Å². The number of benzene rings is 1. The van der Waals surface area contributed by atoms with Crippen molar-refractivity contribution >= 4 is 34.0 Å². The normalized spacial score (nSPS) is 14.9. The van der Waals surface area contributed by atoms with Crippen molar-refractivity contribution in [1.29, 1.82) is 0 Å². The number of hydrogen-bond donors (Lipinski definition) is 1. The quantitative estimate of drug-likeness (QED) is 0.917. The maximum absolute atomic E-state index is 13.0. The highest BCUT2D eigenvalue weighted by Crippen LogP contribution is 2.39. The average molecular weight is 270 g/mol. The molecule has 6 heteroatoms. The van der Waals surface area contributed by atoms with Gasteiger partial charge >= 0.3 is 0 Å². The predicted molar refractivity (Wildman–Crippen MR) is 66.6 cm³/mol. The molecule has 0 spiro atoms. The largest absolute Gasteiger partial charge is 0.330 e. The number of hydrogen-bond acceptors (Lipinski definition) is 4. The number of rotatable bonds is 3. The zero-order valence-electron chi connectivity index (χ0n) is 8.78. The molecule has 3 nitrogen and oxygen atoms in total. The van der Waals surface area contributed by atoms with Crippen LogP contribution < -0.4 is 5.32 Å². The minimum Gasteiger partial charge on any atom is -0.330 e. The van der Waals surface area contributed by atoms with E-state index < -0.39 is 5.82 Å². The Balaban J connectivity index is 1.78. The lowest BCUT2D eigenvalue weighted by Crippen LogP contribution is -1.91. The van der Waals surface area contributed by atoms with Gasteiger partial charge in [0.1, 0.15) is 11.6 Å². The average Bonchev–Trinajstić information content (AvgIpc) is 3.06. The van der Waals surface area contributed by atoms with Crippen molar-refractivity contribution in [3.8, 4) is 0 Å². The zero-order valence-corrected chi connectivity index (χ0v) is 10.4. The van der Waals surface area contributed by atoms with Crippen molar-refractivity contribution in [1.82, 2.24) is 9.36 Å². The molecule has 0 radical (unpaired) electrons. The van der Waals surface area contributed by atoms with Crippen molar-refractivity contribution < 1.29 is 4.39 Å². The van der Waals surface area contributed by atoms with Crippen LogP contribution in [0.15, 0.2) is 18.2 Å². The van der Waals surface area contributed by atoms with Gasteiger partial charge in [-0.1, -0.05) is 11.6 Å². The van der Waals surface area contributed by atoms with E-state index in [9.17, 15) is 4.39 Å². The van der Waals surface area contributed by atoms with Crippen molar-refractivity contribution in [3.05, 3.63) is 34.9 Å². The molecule has 3 rings (SSSR count). The lowest BCUT2D eigenvalue weighted by atomic mass is 10.3. The van der Waals surface area contributed by atoms with Crippen LogP contribution in [0.5, 0.6) is 0 Å². The number of nitrogens with zero attached hydrogens (tertiary/aromatic N) is 2. The molecule has 1 heterocycles. The topological polar surface area (TPSA) is 37.8 Å². The van der Waals surface area contributed by atoms with Crippen molar-refractivity contribution in [2.24, 2.45) is 0 Å². The Bertz CT molecular complexity index is 553. The molecular weight excluding hydrogens is 261 g/mol. The maximum atomic E-state index is 13.0. The Morgan fingerprint density at radius 1 is 1.41 bits per heavy atom. The van der Waals surface area contributed by atoms with Gasteiger partial charge in [0.2, 0.25) is 5.13 Å². The lowest BCUT2D eigenvalue weighted by Gasteiger charge is -2.02. The van der Waals surface area contributed by atoms with Crippen LogP contribution in [0.3, 0.4) is 0 Å². The molecule has 0 unspecified atom stereocenters. The summed E-state index contributed by atoms with van der Waals surface area (Å²) in [5.74, 6) is 1.03. The molecule has 2 aromatic rings. The molecule has 0 bridgehead atoms. The molecular formula is C11H9ClFN3S. The summed E-state index contributed by atoms with van der Waals surface area (Å²) in [6.07, 6.45) is 2.36. The Hall–Kier alpha value is -1.20. The third-order valence-electron chi connectivity index (χ3n) is 2.56. The Labute approximate surface area is 107 Å². The van der Waals surface area contributed by atoms with Gasteiger partial charge in [0, 0.05) is 23.1 Å². The Morgan fingerprint density at radius 3 is 2.94 bits per heavy atom. The van der Waals surface area contributed by atoms with Crippen LogP contribution in [0.1, 0.15) is 24.6 Å². The summed E-state index contributed by atoms with van der Waals surface area (Å²) in [6.45, 7) is 0. The van der Waals surface area contributed by atoms with Gasteiger partial charge in [-0.3, -0.25) is 0 Å². The fourth-order valence-corrected chi connectivity index (χ4v) is 2.34. The van der Waals surface area contributed by atoms with E-state index in [0.717, 1.165) is 16.6 Å². The van der Waals surface area contributed by atoms with Gasteiger partial charge in [-0.05, 0) is 31.0 Å². The molecule has 0 aliphatic heterocycles. The highest BCUT2D eigenvalue weighted by molar-refractivity contribution is 7.09. The second-order valence-electron chi connectivity index (χ2n) is 3.99. The van der Waals surface area contributed by atoms with Crippen molar-refractivity contribution in [3.63, 3.8) is 0 Å². The van der Waals surface area contributed by atoms with Crippen LogP contribution in [-0.2, 0) is 0 Å². The monoisotopic (exact) mass is 269 g/mol. The van der Waals surface area contributed by atoms with Gasteiger partial charge in [0.15, 0.2) is 0 Å². The number of nitrogens with one attached hydrogen (secondary N) is 1. The molecule has 1 aliphatic carbocycles. The first-order chi connectivity index (χ1) is 8.22. The third kappa shape index (κ3) is 2.40. The van der Waals surface area contributed by atoms with Crippen LogP contribution in [0.4, 0.5) is 15.2 Å². The van der Waals surface area contributed by atoms with Crippen LogP contribution in [0, 0.1) is 5.82 Å². The summed E-state index contributed by atoms with van der Waals surface area (Å²) >= 11 is 7.01. The first-order valence-electron chi connectivity index (χ1n) is 5.28. The Morgan fingerprint density at radius 2 is 2.24 bits per heavy atom. The molecule has 0 atom stereocenters. The van der Waals surface area contributed by atoms with Gasteiger partial charge in [-0.25, -0.2) is 9.37 Å². The molecule has 1 saturated carbocycles. The van der Waals surface area contributed by atoms with E-state index in [-0.39, 0.29) is 5.02 Å². The molecule has 1 aromatic heterocycles. The molecule has 1 N–H and O–H groups in total. The van der Waals surface area contributed by atoms with E-state index in [2.05, 4.69) is 14.7 Å². The lowest BCUT2D eigenvalue weighted by molar-refractivity contribution is 0.628. The van der Waals surface area contributed by atoms with Gasteiger partial charge in [-0.15, -0.1) is 0 Å². The predicted octanol–water partition coefficient (Wildman–Crippen LogP) is 3.95. The molecule has 1 aliphatic rings. The van der Waals surface area contributed by atoms with Crippen LogP contribution in [-0.4, -0.2) is 9.36 Å². The third-order valence-corrected chi connectivity index (χ3v) is 3.49. The summed E-state index contributed by atoms with van der Waals surface area (Å²) in [7, 11) is 0. The second kappa shape index (κ2) is 4.23. The summed E-state index contributed by atoms with van der Waals surface area (Å²) < 4.78 is 17.2. The summed E-state index contributed by atoms with van der Waals surface area (Å²) in [4.78, 5) is 4.38. The molecule has 1 aromatic carbocycles. The SMILES string of the molecule is Fc1ccc(Nc2nc(C3CC3)ns2)cc1Cl. The van der Waals surface area contributed by atoms with E-state index in [4.69, 9.17) is 11.6 Å². The fraction of sp³-hybridized carbons (Fsp3) is 0.273. The Kier molecular flexibility index (Phi) is 2.72. The van der Waals surface area contributed by atoms with E-state index in [1.165, 1.54) is 36.5 Å². The smallest absolute Gasteiger partial charge is 0.207 e. The van der Waals surface area contributed by atoms with Gasteiger partial charge < -0.3 is 5.32 Å². The minimum absolute atomic E-state index is 0.0990. The molecule has 1 fully saturated rings. The second-order valence-corrected chi connectivity index (χ2v) is 5.14. The summed E-state index contributed by atoms with van der Waals surface area (Å²) in [6, 6.07) is 4.49. The van der Waals surface area contributed by atoms with E-state index in [0.29, 0.717) is 5.92 Å². The van der Waals surface area contributed by atoms with E-state index in [1.807, 2.05) is 0 Å².